The molecule has 0 aromatic carbocycles. The van der Waals surface area contributed by atoms with Crippen LogP contribution < -0.4 is 0 Å². The summed E-state index contributed by atoms with van der Waals surface area (Å²) in [6.45, 7) is 6.39. The zero-order chi connectivity index (χ0) is 57.8. The molecule has 0 N–H and O–H groups in total. The van der Waals surface area contributed by atoms with Crippen molar-refractivity contribution in [2.75, 3.05) is 13.2 Å². The molecule has 0 aliphatic heterocycles. The van der Waals surface area contributed by atoms with E-state index < -0.39 is 6.10 Å². The molecule has 0 heterocycles. The van der Waals surface area contributed by atoms with Crippen LogP contribution in [-0.4, -0.2) is 37.2 Å². The van der Waals surface area contributed by atoms with Crippen molar-refractivity contribution < 1.29 is 28.6 Å². The highest BCUT2D eigenvalue weighted by atomic mass is 16.6. The van der Waals surface area contributed by atoms with E-state index in [2.05, 4.69) is 167 Å². The third kappa shape index (κ3) is 64.1. The first kappa shape index (κ1) is 75.3. The van der Waals surface area contributed by atoms with Crippen molar-refractivity contribution in [2.45, 2.75) is 290 Å². The molecular weight excluding hydrogens is 985 g/mol. The molecule has 0 saturated heterocycles. The van der Waals surface area contributed by atoms with Gasteiger partial charge >= 0.3 is 17.9 Å². The molecule has 0 fully saturated rings. The van der Waals surface area contributed by atoms with E-state index in [1.165, 1.54) is 96.3 Å². The maximum atomic E-state index is 12.9. The molecule has 1 unspecified atom stereocenters. The van der Waals surface area contributed by atoms with Gasteiger partial charge in [-0.05, 0) is 122 Å². The summed E-state index contributed by atoms with van der Waals surface area (Å²) in [6.07, 6.45) is 95.6. The number of hydrogen-bond donors (Lipinski definition) is 0. The first-order valence-electron chi connectivity index (χ1n) is 32.8. The SMILES string of the molecule is CC/C=C\C/C=C\C/C=C\C/C=C\C/C=C\C/C=C\C/C=C\CCCCCCCCCC(=O)OCC(COC(=O)CCCCCCCCCCCCCCCC)OC(=O)CCCCC/C=C\C/C=C\C/C=C\C/C=C\C/C=C\CC. The lowest BCUT2D eigenvalue weighted by atomic mass is 10.0. The van der Waals surface area contributed by atoms with Crippen LogP contribution in [0.15, 0.2) is 146 Å². The van der Waals surface area contributed by atoms with Crippen molar-refractivity contribution in [1.29, 1.82) is 0 Å². The highest BCUT2D eigenvalue weighted by Crippen LogP contribution is 2.15. The monoisotopic (exact) mass is 1100 g/mol. The number of allylic oxidation sites excluding steroid dienone is 24. The molecule has 1 atom stereocenters. The van der Waals surface area contributed by atoms with Crippen LogP contribution in [0.1, 0.15) is 284 Å². The second-order valence-corrected chi connectivity index (χ2v) is 21.3. The first-order chi connectivity index (χ1) is 39.5. The fourth-order valence-electron chi connectivity index (χ4n) is 8.74. The first-order valence-corrected chi connectivity index (χ1v) is 32.8. The number of ether oxygens (including phenoxy) is 3. The summed E-state index contributed by atoms with van der Waals surface area (Å²) >= 11 is 0. The van der Waals surface area contributed by atoms with Crippen LogP contribution in [0.3, 0.4) is 0 Å². The minimum absolute atomic E-state index is 0.0974. The summed E-state index contributed by atoms with van der Waals surface area (Å²) in [4.78, 5) is 38.3. The predicted octanol–water partition coefficient (Wildman–Crippen LogP) is 22.7. The van der Waals surface area contributed by atoms with E-state index in [-0.39, 0.29) is 37.5 Å². The number of esters is 3. The average Bonchev–Trinajstić information content (AvgIpc) is 3.46. The van der Waals surface area contributed by atoms with Crippen molar-refractivity contribution >= 4 is 17.9 Å². The van der Waals surface area contributed by atoms with Crippen molar-refractivity contribution in [3.05, 3.63) is 146 Å². The number of unbranched alkanes of at least 4 members (excludes halogenated alkanes) is 23. The third-order valence-corrected chi connectivity index (χ3v) is 13.6. The smallest absolute Gasteiger partial charge is 0.306 e. The van der Waals surface area contributed by atoms with Crippen LogP contribution in [-0.2, 0) is 28.6 Å². The van der Waals surface area contributed by atoms with Gasteiger partial charge in [0, 0.05) is 19.3 Å². The third-order valence-electron chi connectivity index (χ3n) is 13.6. The van der Waals surface area contributed by atoms with Crippen LogP contribution in [0.4, 0.5) is 0 Å². The summed E-state index contributed by atoms with van der Waals surface area (Å²) in [5.41, 5.74) is 0. The van der Waals surface area contributed by atoms with E-state index in [0.29, 0.717) is 12.8 Å². The van der Waals surface area contributed by atoms with E-state index in [4.69, 9.17) is 14.2 Å². The summed E-state index contributed by atoms with van der Waals surface area (Å²) in [5.74, 6) is -0.939. The van der Waals surface area contributed by atoms with Gasteiger partial charge in [-0.2, -0.15) is 0 Å². The minimum atomic E-state index is -0.806. The topological polar surface area (TPSA) is 78.9 Å². The Hall–Kier alpha value is -4.71. The summed E-state index contributed by atoms with van der Waals surface area (Å²) in [5, 5.41) is 0. The van der Waals surface area contributed by atoms with Crippen molar-refractivity contribution in [2.24, 2.45) is 0 Å². The summed E-state index contributed by atoms with van der Waals surface area (Å²) in [6, 6.07) is 0. The van der Waals surface area contributed by atoms with Gasteiger partial charge in [-0.15, -0.1) is 0 Å². The molecule has 452 valence electrons. The molecule has 0 rings (SSSR count). The Kier molecular flexibility index (Phi) is 62.9. The van der Waals surface area contributed by atoms with Gasteiger partial charge in [-0.25, -0.2) is 0 Å². The standard InChI is InChI=1S/C74H120O6/c1-4-7-10-13-16-19-22-25-28-30-32-33-34-35-36-37-38-39-40-41-43-44-46-49-52-55-58-61-64-67-73(76)79-70-71(69-78-72(75)66-63-60-57-54-51-48-27-24-21-18-15-12-9-6-3)80-74(77)68-65-62-59-56-53-50-47-45-42-31-29-26-23-20-17-14-11-8-5-2/h7-8,10-11,16-17,19-20,25-26,28-29,32-33,35-36,38-39,41-43,45,50,53,71H,4-6,9,12-15,18,21-24,27,30-31,34,37,40,44,46-49,51-52,54-70H2,1-3H3/b10-7-,11-8-,19-16-,20-17-,28-25-,29-26-,33-32-,36-35-,39-38-,43-41-,45-42-,53-50-. The Labute approximate surface area is 493 Å². The predicted molar refractivity (Wildman–Crippen MR) is 348 cm³/mol. The van der Waals surface area contributed by atoms with Crippen LogP contribution in [0.5, 0.6) is 0 Å². The molecule has 80 heavy (non-hydrogen) atoms. The number of rotatable bonds is 58. The van der Waals surface area contributed by atoms with Crippen LogP contribution in [0.2, 0.25) is 0 Å². The summed E-state index contributed by atoms with van der Waals surface area (Å²) < 4.78 is 16.9. The maximum Gasteiger partial charge on any atom is 0.306 e. The zero-order valence-corrected chi connectivity index (χ0v) is 51.8. The van der Waals surface area contributed by atoms with E-state index in [9.17, 15) is 14.4 Å². The molecule has 0 bridgehead atoms. The number of carbonyl (C=O) groups is 3. The van der Waals surface area contributed by atoms with E-state index in [1.807, 2.05) is 0 Å². The van der Waals surface area contributed by atoms with E-state index >= 15 is 0 Å². The largest absolute Gasteiger partial charge is 0.462 e. The Morgan fingerprint density at radius 3 is 0.775 bits per heavy atom. The molecule has 0 saturated carbocycles. The molecule has 0 aromatic heterocycles. The van der Waals surface area contributed by atoms with E-state index in [0.717, 1.165) is 148 Å². The number of hydrogen-bond acceptors (Lipinski definition) is 6. The lowest BCUT2D eigenvalue weighted by molar-refractivity contribution is -0.167. The highest BCUT2D eigenvalue weighted by Gasteiger charge is 2.19. The molecule has 0 spiro atoms. The molecule has 0 aromatic rings. The molecule has 0 aliphatic carbocycles. The fourth-order valence-corrected chi connectivity index (χ4v) is 8.74. The fraction of sp³-hybridized carbons (Fsp3) is 0.635. The Morgan fingerprint density at radius 1 is 0.263 bits per heavy atom. The maximum absolute atomic E-state index is 12.9. The van der Waals surface area contributed by atoms with Gasteiger partial charge in [0.15, 0.2) is 6.10 Å². The minimum Gasteiger partial charge on any atom is -0.462 e. The lowest BCUT2D eigenvalue weighted by Crippen LogP contribution is -2.30. The van der Waals surface area contributed by atoms with E-state index in [1.54, 1.807) is 0 Å². The average molecular weight is 1110 g/mol. The second kappa shape index (κ2) is 66.8. The molecule has 6 nitrogen and oxygen atoms in total. The molecule has 0 radical (unpaired) electrons. The van der Waals surface area contributed by atoms with Crippen molar-refractivity contribution in [3.63, 3.8) is 0 Å². The Balaban J connectivity index is 4.41. The van der Waals surface area contributed by atoms with Gasteiger partial charge in [0.05, 0.1) is 0 Å². The quantitative estimate of drug-likeness (QED) is 0.0261. The second-order valence-electron chi connectivity index (χ2n) is 21.3. The molecule has 0 amide bonds. The van der Waals surface area contributed by atoms with Crippen LogP contribution in [0, 0.1) is 0 Å². The van der Waals surface area contributed by atoms with Gasteiger partial charge in [-0.1, -0.05) is 289 Å². The van der Waals surface area contributed by atoms with Crippen molar-refractivity contribution in [1.82, 2.24) is 0 Å². The summed E-state index contributed by atoms with van der Waals surface area (Å²) in [7, 11) is 0. The zero-order valence-electron chi connectivity index (χ0n) is 51.8. The molecular formula is C74H120O6. The molecule has 0 aliphatic rings. The van der Waals surface area contributed by atoms with Gasteiger partial charge in [0.25, 0.3) is 0 Å². The van der Waals surface area contributed by atoms with Crippen LogP contribution in [0.25, 0.3) is 0 Å². The molecule has 6 heteroatoms. The Morgan fingerprint density at radius 2 is 0.487 bits per heavy atom. The van der Waals surface area contributed by atoms with Crippen molar-refractivity contribution in [3.8, 4) is 0 Å². The number of carbonyl (C=O) groups excluding carboxylic acids is 3. The van der Waals surface area contributed by atoms with Gasteiger partial charge in [0.1, 0.15) is 13.2 Å². The van der Waals surface area contributed by atoms with Gasteiger partial charge in [-0.3, -0.25) is 14.4 Å². The van der Waals surface area contributed by atoms with Gasteiger partial charge < -0.3 is 14.2 Å². The Bertz CT molecular complexity index is 1750. The normalized spacial score (nSPS) is 13.1. The van der Waals surface area contributed by atoms with Crippen LogP contribution >= 0.6 is 0 Å². The highest BCUT2D eigenvalue weighted by molar-refractivity contribution is 5.71. The lowest BCUT2D eigenvalue weighted by Gasteiger charge is -2.18. The van der Waals surface area contributed by atoms with Gasteiger partial charge in [0.2, 0.25) is 0 Å².